The summed E-state index contributed by atoms with van der Waals surface area (Å²) in [6, 6.07) is 24.5. The molecule has 0 saturated heterocycles. The molecule has 5 rings (SSSR count). The minimum Gasteiger partial charge on any atom is -0.382 e. The smallest absolute Gasteiger partial charge is 0.209 e. The monoisotopic (exact) mass is 485 g/mol. The summed E-state index contributed by atoms with van der Waals surface area (Å²) >= 11 is 0. The summed E-state index contributed by atoms with van der Waals surface area (Å²) in [5.74, 6) is 6.28. The van der Waals surface area contributed by atoms with E-state index in [0.29, 0.717) is 33.7 Å². The van der Waals surface area contributed by atoms with E-state index >= 15 is 0 Å². The summed E-state index contributed by atoms with van der Waals surface area (Å²) in [6.07, 6.45) is 0. The number of imidazole rings is 1. The first kappa shape index (κ1) is 23.9. The molecule has 0 atom stereocenters. The van der Waals surface area contributed by atoms with Crippen molar-refractivity contribution in [2.24, 2.45) is 7.05 Å². The van der Waals surface area contributed by atoms with Crippen molar-refractivity contribution in [3.8, 4) is 23.2 Å². The van der Waals surface area contributed by atoms with Gasteiger partial charge in [0.1, 0.15) is 11.6 Å². The molecule has 174 valence electrons. The number of benzene rings is 3. The lowest BCUT2D eigenvalue weighted by Gasteiger charge is -2.23. The lowest BCUT2D eigenvalue weighted by Crippen LogP contribution is -2.25. The van der Waals surface area contributed by atoms with E-state index in [1.807, 2.05) is 60.7 Å². The maximum atomic E-state index is 13.7. The molecule has 0 radical (unpaired) electrons. The normalized spacial score (nSPS) is 10.9. The fraction of sp³-hybridized carbons (Fsp3) is 0.0741. The molecule has 0 unspecified atom stereocenters. The van der Waals surface area contributed by atoms with Crippen molar-refractivity contribution in [2.75, 3.05) is 5.73 Å². The molecule has 3 aromatic carbocycles. The predicted molar refractivity (Wildman–Crippen MR) is 136 cm³/mol. The van der Waals surface area contributed by atoms with E-state index < -0.39 is 5.60 Å². The molecule has 0 aliphatic heterocycles. The number of nitrogens with two attached hydrogens (primary N) is 1. The molecule has 2 aromatic heterocycles. The number of rotatable bonds is 3. The fourth-order valence-electron chi connectivity index (χ4n) is 3.84. The van der Waals surface area contributed by atoms with Crippen molar-refractivity contribution in [3.05, 3.63) is 108 Å². The number of halogens is 2. The maximum absolute atomic E-state index is 13.7. The van der Waals surface area contributed by atoms with Crippen molar-refractivity contribution >= 4 is 29.4 Å². The Morgan fingerprint density at radius 1 is 0.886 bits per heavy atom. The van der Waals surface area contributed by atoms with Gasteiger partial charge in [-0.2, -0.15) is 0 Å². The van der Waals surface area contributed by atoms with Crippen LogP contribution in [-0.4, -0.2) is 24.6 Å². The van der Waals surface area contributed by atoms with Gasteiger partial charge in [-0.1, -0.05) is 72.8 Å². The highest BCUT2D eigenvalue weighted by Crippen LogP contribution is 2.29. The molecule has 6 nitrogen and oxygen atoms in total. The van der Waals surface area contributed by atoms with Crippen LogP contribution in [0, 0.1) is 17.7 Å². The zero-order chi connectivity index (χ0) is 23.7. The standard InChI is InChI=1S/C27H20FN5O.ClH/c1-33-25(18-9-8-14-21(28)17-18)32-23-24(29)30-22(31-26(23)33)15-16-27(34,19-10-4-2-5-11-19)20-12-6-3-7-13-20;/h2-14,17,34H,1H3,(H2,29,30,31);1H. The number of aromatic nitrogens is 4. The van der Waals surface area contributed by atoms with Gasteiger partial charge >= 0.3 is 0 Å². The molecule has 0 fully saturated rings. The minimum atomic E-state index is -1.57. The number of nitrogens with zero attached hydrogens (tertiary/aromatic N) is 4. The lowest BCUT2D eigenvalue weighted by atomic mass is 9.87. The van der Waals surface area contributed by atoms with Gasteiger partial charge < -0.3 is 15.4 Å². The van der Waals surface area contributed by atoms with Gasteiger partial charge in [0.05, 0.1) is 0 Å². The largest absolute Gasteiger partial charge is 0.382 e. The molecule has 35 heavy (non-hydrogen) atoms. The van der Waals surface area contributed by atoms with Crippen molar-refractivity contribution in [2.45, 2.75) is 5.60 Å². The molecule has 5 aromatic rings. The molecule has 0 spiro atoms. The van der Waals surface area contributed by atoms with Crippen molar-refractivity contribution in [3.63, 3.8) is 0 Å². The van der Waals surface area contributed by atoms with E-state index in [0.717, 1.165) is 0 Å². The number of hydrogen-bond acceptors (Lipinski definition) is 5. The molecular weight excluding hydrogens is 465 g/mol. The Morgan fingerprint density at radius 2 is 1.51 bits per heavy atom. The average molecular weight is 486 g/mol. The second kappa shape index (κ2) is 9.55. The molecule has 0 aliphatic carbocycles. The molecule has 3 N–H and O–H groups in total. The zero-order valence-electron chi connectivity index (χ0n) is 18.7. The topological polar surface area (TPSA) is 89.9 Å². The van der Waals surface area contributed by atoms with Gasteiger partial charge in [0.2, 0.25) is 5.82 Å². The van der Waals surface area contributed by atoms with Gasteiger partial charge in [-0.15, -0.1) is 12.4 Å². The summed E-state index contributed by atoms with van der Waals surface area (Å²) in [4.78, 5) is 13.3. The van der Waals surface area contributed by atoms with Crippen LogP contribution in [0.3, 0.4) is 0 Å². The Morgan fingerprint density at radius 3 is 2.11 bits per heavy atom. The van der Waals surface area contributed by atoms with Crippen LogP contribution >= 0.6 is 12.4 Å². The number of hydrogen-bond donors (Lipinski definition) is 2. The number of fused-ring (bicyclic) bond motifs is 1. The number of nitrogen functional groups attached to an aromatic ring is 1. The Balaban J connectivity index is 0.00000289. The third-order valence-electron chi connectivity index (χ3n) is 5.57. The van der Waals surface area contributed by atoms with Crippen LogP contribution in [0.4, 0.5) is 10.2 Å². The summed E-state index contributed by atoms with van der Waals surface area (Å²) in [5, 5.41) is 11.6. The third-order valence-corrected chi connectivity index (χ3v) is 5.57. The molecule has 0 aliphatic rings. The zero-order valence-corrected chi connectivity index (χ0v) is 19.5. The molecule has 0 amide bonds. The van der Waals surface area contributed by atoms with E-state index in [-0.39, 0.29) is 29.9 Å². The Hall–Kier alpha value is -4.25. The first-order valence-corrected chi connectivity index (χ1v) is 10.6. The van der Waals surface area contributed by atoms with Crippen LogP contribution in [-0.2, 0) is 12.6 Å². The van der Waals surface area contributed by atoms with E-state index in [9.17, 15) is 9.50 Å². The van der Waals surface area contributed by atoms with Gasteiger partial charge in [0.15, 0.2) is 22.6 Å². The summed E-state index contributed by atoms with van der Waals surface area (Å²) in [5.41, 5.74) is 7.29. The quantitative estimate of drug-likeness (QED) is 0.368. The minimum absolute atomic E-state index is 0. The first-order valence-electron chi connectivity index (χ1n) is 10.6. The van der Waals surface area contributed by atoms with Crippen LogP contribution in [0.15, 0.2) is 84.9 Å². The summed E-state index contributed by atoms with van der Waals surface area (Å²) < 4.78 is 15.5. The second-order valence-electron chi connectivity index (χ2n) is 7.80. The van der Waals surface area contributed by atoms with Crippen molar-refractivity contribution in [1.29, 1.82) is 0 Å². The van der Waals surface area contributed by atoms with E-state index in [2.05, 4.69) is 26.8 Å². The molecule has 0 saturated carbocycles. The van der Waals surface area contributed by atoms with Crippen LogP contribution in [0.25, 0.3) is 22.6 Å². The van der Waals surface area contributed by atoms with Crippen molar-refractivity contribution < 1.29 is 9.50 Å². The predicted octanol–water partition coefficient (Wildman–Crippen LogP) is 4.46. The lowest BCUT2D eigenvalue weighted by molar-refractivity contribution is 0.145. The van der Waals surface area contributed by atoms with Gasteiger partial charge in [-0.05, 0) is 24.0 Å². The van der Waals surface area contributed by atoms with Crippen LogP contribution in [0.2, 0.25) is 0 Å². The Bertz CT molecular complexity index is 1520. The van der Waals surface area contributed by atoms with Gasteiger partial charge in [-0.3, -0.25) is 0 Å². The number of aryl methyl sites for hydroxylation is 1. The van der Waals surface area contributed by atoms with E-state index in [1.165, 1.54) is 12.1 Å². The fourth-order valence-corrected chi connectivity index (χ4v) is 3.84. The molecular formula is C27H21ClFN5O. The van der Waals surface area contributed by atoms with Gasteiger partial charge in [0, 0.05) is 23.7 Å². The first-order chi connectivity index (χ1) is 16.5. The number of anilines is 1. The molecule has 2 heterocycles. The number of aliphatic hydroxyl groups is 1. The van der Waals surface area contributed by atoms with Crippen molar-refractivity contribution in [1.82, 2.24) is 19.5 Å². The van der Waals surface area contributed by atoms with E-state index in [4.69, 9.17) is 5.73 Å². The third kappa shape index (κ3) is 4.45. The average Bonchev–Trinajstić information content (AvgIpc) is 3.20. The summed E-state index contributed by atoms with van der Waals surface area (Å²) in [7, 11) is 1.77. The Labute approximate surface area is 207 Å². The van der Waals surface area contributed by atoms with E-state index in [1.54, 1.807) is 23.7 Å². The van der Waals surface area contributed by atoms with Gasteiger partial charge in [0.25, 0.3) is 0 Å². The SMILES string of the molecule is Cl.Cn1c(-c2cccc(F)c2)nc2c(N)nc(C#CC(O)(c3ccccc3)c3ccccc3)nc21. The van der Waals surface area contributed by atoms with Crippen LogP contribution < -0.4 is 5.73 Å². The highest BCUT2D eigenvalue weighted by molar-refractivity contribution is 5.86. The molecule has 0 bridgehead atoms. The van der Waals surface area contributed by atoms with Crippen LogP contribution in [0.1, 0.15) is 17.0 Å². The Kier molecular flexibility index (Phi) is 6.52. The van der Waals surface area contributed by atoms with Crippen LogP contribution in [0.5, 0.6) is 0 Å². The molecule has 8 heteroatoms. The second-order valence-corrected chi connectivity index (χ2v) is 7.80. The van der Waals surface area contributed by atoms with Gasteiger partial charge in [-0.25, -0.2) is 19.3 Å². The highest BCUT2D eigenvalue weighted by atomic mass is 35.5. The summed E-state index contributed by atoms with van der Waals surface area (Å²) in [6.45, 7) is 0. The highest BCUT2D eigenvalue weighted by Gasteiger charge is 2.29. The maximum Gasteiger partial charge on any atom is 0.209 e.